The van der Waals surface area contributed by atoms with Crippen LogP contribution in [0.5, 0.6) is 0 Å². The van der Waals surface area contributed by atoms with Gasteiger partial charge in [-0.15, -0.1) is 0 Å². The molecule has 116 valence electrons. The molecule has 0 bridgehead atoms. The number of rotatable bonds is 2. The normalized spacial score (nSPS) is 10.8. The van der Waals surface area contributed by atoms with Crippen molar-refractivity contribution in [2.24, 2.45) is 0 Å². The summed E-state index contributed by atoms with van der Waals surface area (Å²) in [5, 5.41) is 0.460. The van der Waals surface area contributed by atoms with E-state index in [1.165, 1.54) is 24.3 Å². The quantitative estimate of drug-likeness (QED) is 0.548. The summed E-state index contributed by atoms with van der Waals surface area (Å²) >= 11 is 12.2. The van der Waals surface area contributed by atoms with Crippen LogP contribution in [0, 0.1) is 11.6 Å². The standard InChI is InChI=1S/C18H11Cl2F2N/c19-12-6-2-8-14(21)16(12)10-4-1-5-11(18(10)23)17-13(20)7-3-9-15(17)22/h1-9H,23H2. The molecule has 2 N–H and O–H groups in total. The maximum absolute atomic E-state index is 14.2. The largest absolute Gasteiger partial charge is 0.398 e. The number of anilines is 1. The molecule has 0 radical (unpaired) electrons. The van der Waals surface area contributed by atoms with Crippen LogP contribution in [0.25, 0.3) is 22.3 Å². The van der Waals surface area contributed by atoms with Crippen molar-refractivity contribution < 1.29 is 8.78 Å². The van der Waals surface area contributed by atoms with Crippen molar-refractivity contribution in [1.29, 1.82) is 0 Å². The van der Waals surface area contributed by atoms with Gasteiger partial charge in [0.25, 0.3) is 0 Å². The van der Waals surface area contributed by atoms with Crippen LogP contribution >= 0.6 is 23.2 Å². The zero-order valence-corrected chi connectivity index (χ0v) is 13.3. The Labute approximate surface area is 142 Å². The Kier molecular flexibility index (Phi) is 4.24. The summed E-state index contributed by atoms with van der Waals surface area (Å²) in [7, 11) is 0. The fraction of sp³-hybridized carbons (Fsp3) is 0. The van der Waals surface area contributed by atoms with Gasteiger partial charge in [0.05, 0.1) is 10.0 Å². The Morgan fingerprint density at radius 1 is 0.652 bits per heavy atom. The van der Waals surface area contributed by atoms with Crippen LogP contribution in [-0.4, -0.2) is 0 Å². The first-order valence-corrected chi connectivity index (χ1v) is 7.53. The van der Waals surface area contributed by atoms with E-state index in [2.05, 4.69) is 0 Å². The number of halogens is 4. The number of hydrogen-bond acceptors (Lipinski definition) is 1. The highest BCUT2D eigenvalue weighted by atomic mass is 35.5. The van der Waals surface area contributed by atoms with Gasteiger partial charge in [-0.05, 0) is 24.3 Å². The van der Waals surface area contributed by atoms with E-state index in [0.717, 1.165) is 0 Å². The zero-order valence-electron chi connectivity index (χ0n) is 11.8. The van der Waals surface area contributed by atoms with E-state index in [9.17, 15) is 8.78 Å². The van der Waals surface area contributed by atoms with Gasteiger partial charge in [0.2, 0.25) is 0 Å². The minimum atomic E-state index is -0.499. The molecule has 1 nitrogen and oxygen atoms in total. The number of hydrogen-bond donors (Lipinski definition) is 1. The Morgan fingerprint density at radius 2 is 1.04 bits per heavy atom. The molecule has 0 saturated carbocycles. The van der Waals surface area contributed by atoms with Crippen LogP contribution in [0.2, 0.25) is 10.0 Å². The minimum absolute atomic E-state index is 0.181. The van der Waals surface area contributed by atoms with Gasteiger partial charge in [-0.3, -0.25) is 0 Å². The second-order valence-corrected chi connectivity index (χ2v) is 5.77. The molecule has 0 aliphatic carbocycles. The third kappa shape index (κ3) is 2.78. The molecule has 0 atom stereocenters. The highest BCUT2D eigenvalue weighted by Crippen LogP contribution is 2.41. The van der Waals surface area contributed by atoms with Crippen LogP contribution in [0.1, 0.15) is 0 Å². The maximum atomic E-state index is 14.2. The Morgan fingerprint density at radius 3 is 1.43 bits per heavy atom. The molecule has 0 saturated heterocycles. The zero-order chi connectivity index (χ0) is 16.6. The number of nitrogen functional groups attached to an aromatic ring is 1. The smallest absolute Gasteiger partial charge is 0.132 e. The number of nitrogens with two attached hydrogens (primary N) is 1. The molecular weight excluding hydrogens is 339 g/mol. The van der Waals surface area contributed by atoms with Gasteiger partial charge in [0, 0.05) is 27.9 Å². The molecule has 0 aliphatic heterocycles. The lowest BCUT2D eigenvalue weighted by atomic mass is 9.95. The lowest BCUT2D eigenvalue weighted by Crippen LogP contribution is -1.98. The Balaban J connectivity index is 2.29. The first-order valence-electron chi connectivity index (χ1n) is 6.78. The van der Waals surface area contributed by atoms with Gasteiger partial charge in [-0.1, -0.05) is 53.5 Å². The molecule has 0 aromatic heterocycles. The topological polar surface area (TPSA) is 26.0 Å². The van der Waals surface area contributed by atoms with Crippen molar-refractivity contribution in [2.45, 2.75) is 0 Å². The SMILES string of the molecule is Nc1c(-c2c(F)cccc2Cl)cccc1-c1c(F)cccc1Cl. The predicted octanol–water partition coefficient (Wildman–Crippen LogP) is 6.19. The third-order valence-corrected chi connectivity index (χ3v) is 4.20. The van der Waals surface area contributed by atoms with E-state index in [4.69, 9.17) is 28.9 Å². The van der Waals surface area contributed by atoms with E-state index in [0.29, 0.717) is 11.1 Å². The van der Waals surface area contributed by atoms with Crippen molar-refractivity contribution in [1.82, 2.24) is 0 Å². The molecule has 0 aliphatic rings. The highest BCUT2D eigenvalue weighted by Gasteiger charge is 2.18. The van der Waals surface area contributed by atoms with Crippen molar-refractivity contribution in [2.75, 3.05) is 5.73 Å². The van der Waals surface area contributed by atoms with E-state index in [-0.39, 0.29) is 26.9 Å². The molecule has 3 aromatic carbocycles. The van der Waals surface area contributed by atoms with Crippen LogP contribution in [0.4, 0.5) is 14.5 Å². The molecule has 3 aromatic rings. The van der Waals surface area contributed by atoms with E-state index in [1.54, 1.807) is 30.3 Å². The molecule has 0 unspecified atom stereocenters. The number of benzene rings is 3. The van der Waals surface area contributed by atoms with Gasteiger partial charge in [-0.25, -0.2) is 8.78 Å². The monoisotopic (exact) mass is 349 g/mol. The molecule has 0 amide bonds. The van der Waals surface area contributed by atoms with Gasteiger partial charge >= 0.3 is 0 Å². The molecular formula is C18H11Cl2F2N. The lowest BCUT2D eigenvalue weighted by molar-refractivity contribution is 0.631. The summed E-state index contributed by atoms with van der Waals surface area (Å²) in [6, 6.07) is 13.7. The molecule has 0 fully saturated rings. The molecule has 3 rings (SSSR count). The van der Waals surface area contributed by atoms with Crippen LogP contribution in [0.15, 0.2) is 54.6 Å². The summed E-state index contributed by atoms with van der Waals surface area (Å²) in [6.07, 6.45) is 0. The van der Waals surface area contributed by atoms with Crippen LogP contribution in [0.3, 0.4) is 0 Å². The Bertz CT molecular complexity index is 784. The predicted molar refractivity (Wildman–Crippen MR) is 91.7 cm³/mol. The van der Waals surface area contributed by atoms with Crippen molar-refractivity contribution in [3.63, 3.8) is 0 Å². The minimum Gasteiger partial charge on any atom is -0.398 e. The summed E-state index contributed by atoms with van der Waals surface area (Å²) in [5.74, 6) is -0.998. The van der Waals surface area contributed by atoms with Crippen LogP contribution in [-0.2, 0) is 0 Å². The lowest BCUT2D eigenvalue weighted by Gasteiger charge is -2.14. The number of para-hydroxylation sites is 1. The molecule has 0 heterocycles. The fourth-order valence-electron chi connectivity index (χ4n) is 2.51. The van der Waals surface area contributed by atoms with Gasteiger partial charge in [0.1, 0.15) is 11.6 Å². The third-order valence-electron chi connectivity index (χ3n) is 3.57. The first-order chi connectivity index (χ1) is 11.0. The summed E-state index contributed by atoms with van der Waals surface area (Å²) in [4.78, 5) is 0. The Hall–Kier alpha value is -2.10. The second-order valence-electron chi connectivity index (χ2n) is 4.96. The van der Waals surface area contributed by atoms with Crippen molar-refractivity contribution in [3.05, 3.63) is 76.3 Å². The van der Waals surface area contributed by atoms with E-state index >= 15 is 0 Å². The highest BCUT2D eigenvalue weighted by molar-refractivity contribution is 6.34. The molecule has 5 heteroatoms. The van der Waals surface area contributed by atoms with Crippen LogP contribution < -0.4 is 5.73 Å². The second kappa shape index (κ2) is 6.19. The fourth-order valence-corrected chi connectivity index (χ4v) is 3.04. The average molecular weight is 350 g/mol. The van der Waals surface area contributed by atoms with Gasteiger partial charge < -0.3 is 5.73 Å². The van der Waals surface area contributed by atoms with Gasteiger partial charge in [-0.2, -0.15) is 0 Å². The van der Waals surface area contributed by atoms with Crippen molar-refractivity contribution in [3.8, 4) is 22.3 Å². The average Bonchev–Trinajstić information content (AvgIpc) is 2.50. The van der Waals surface area contributed by atoms with Gasteiger partial charge in [0.15, 0.2) is 0 Å². The maximum Gasteiger partial charge on any atom is 0.132 e. The first kappa shape index (κ1) is 15.8. The van der Waals surface area contributed by atoms with E-state index in [1.807, 2.05) is 0 Å². The van der Waals surface area contributed by atoms with E-state index < -0.39 is 11.6 Å². The summed E-state index contributed by atoms with van der Waals surface area (Å²) in [6.45, 7) is 0. The summed E-state index contributed by atoms with van der Waals surface area (Å²) in [5.41, 5.74) is 7.54. The molecule has 23 heavy (non-hydrogen) atoms. The molecule has 0 spiro atoms. The van der Waals surface area contributed by atoms with Crippen molar-refractivity contribution >= 4 is 28.9 Å². The summed E-state index contributed by atoms with van der Waals surface area (Å²) < 4.78 is 28.3.